The Bertz CT molecular complexity index is 6120. The van der Waals surface area contributed by atoms with Crippen molar-refractivity contribution in [3.05, 3.63) is 318 Å². The van der Waals surface area contributed by atoms with Crippen LogP contribution in [0.3, 0.4) is 0 Å². The van der Waals surface area contributed by atoms with Gasteiger partial charge >= 0.3 is 0 Å². The third kappa shape index (κ3) is 14.0. The average molecular weight is 1510 g/mol. The predicted molar refractivity (Wildman–Crippen MR) is 497 cm³/mol. The second kappa shape index (κ2) is 28.1. The van der Waals surface area contributed by atoms with Gasteiger partial charge in [-0.1, -0.05) is 346 Å². The van der Waals surface area contributed by atoms with Gasteiger partial charge in [-0.25, -0.2) is 15.0 Å². The van der Waals surface area contributed by atoms with Gasteiger partial charge in [0, 0.05) is 72.6 Å². The van der Waals surface area contributed by atoms with Crippen molar-refractivity contribution in [2.75, 3.05) is 9.80 Å². The second-order valence-corrected chi connectivity index (χ2v) is 39.9. The fourth-order valence-corrected chi connectivity index (χ4v) is 17.3. The molecule has 0 unspecified atom stereocenters. The SMILES string of the molecule is CC(C)(C)c1cc(-c2ccc3c(c2)B2c4ccc(-n5c6ccc(C(C)(C)C)cc6c6cc(C(C)(C)C)ccc65)cc4N(c4c(-c5ccccc5)cc(C(C)(C)C)cc4-c4nc(-c5ccccc5)nc(-c5ccccc5)n4)c4cc(C(C)(C)C)cc(c42)N3c2c(-c3ccccc3)cc(C(C)(C)C)cc2-c2ccccc2)cc(C(C)(C)C)c1. The predicted octanol–water partition coefficient (Wildman–Crippen LogP) is 27.8. The number of rotatable bonds is 10. The highest BCUT2D eigenvalue weighted by molar-refractivity contribution is 7.00. The van der Waals surface area contributed by atoms with Crippen molar-refractivity contribution in [3.63, 3.8) is 0 Å². The molecule has 0 saturated carbocycles. The minimum atomic E-state index is -0.389. The smallest absolute Gasteiger partial charge is 0.252 e. The van der Waals surface area contributed by atoms with Gasteiger partial charge in [-0.15, -0.1) is 0 Å². The van der Waals surface area contributed by atoms with E-state index in [1.54, 1.807) is 0 Å². The monoisotopic (exact) mass is 1510 g/mol. The summed E-state index contributed by atoms with van der Waals surface area (Å²) in [6.07, 6.45) is 0. The van der Waals surface area contributed by atoms with E-state index >= 15 is 0 Å². The number of benzene rings is 13. The molecule has 0 bridgehead atoms. The number of nitrogens with zero attached hydrogens (tertiary/aromatic N) is 6. The van der Waals surface area contributed by atoms with Crippen LogP contribution in [0.1, 0.15) is 184 Å². The maximum absolute atomic E-state index is 5.82. The zero-order valence-electron chi connectivity index (χ0n) is 71.8. The van der Waals surface area contributed by atoms with Crippen LogP contribution in [-0.4, -0.2) is 26.2 Å². The molecule has 15 aromatic rings. The lowest BCUT2D eigenvalue weighted by atomic mass is 9.33. The number of fused-ring (bicyclic) bond motifs is 7. The maximum atomic E-state index is 5.82. The van der Waals surface area contributed by atoms with Crippen LogP contribution in [-0.2, 0) is 37.9 Å². The van der Waals surface area contributed by atoms with Crippen molar-refractivity contribution in [2.45, 2.75) is 183 Å². The van der Waals surface area contributed by atoms with E-state index in [0.717, 1.165) is 106 Å². The highest BCUT2D eigenvalue weighted by Gasteiger charge is 2.47. The molecule has 0 atom stereocenters. The topological polar surface area (TPSA) is 50.1 Å². The first-order valence-corrected chi connectivity index (χ1v) is 41.7. The Morgan fingerprint density at radius 3 is 0.991 bits per heavy atom. The summed E-state index contributed by atoms with van der Waals surface area (Å²) in [4.78, 5) is 22.5. The van der Waals surface area contributed by atoms with E-state index in [9.17, 15) is 0 Å². The first-order valence-electron chi connectivity index (χ1n) is 41.7. The highest BCUT2D eigenvalue weighted by Crippen LogP contribution is 2.56. The van der Waals surface area contributed by atoms with Crippen LogP contribution in [0, 0.1) is 0 Å². The molecular formula is C109H109BN6. The van der Waals surface area contributed by atoms with Crippen LogP contribution >= 0.6 is 0 Å². The summed E-state index contributed by atoms with van der Waals surface area (Å²) in [7, 11) is 0. The van der Waals surface area contributed by atoms with Gasteiger partial charge in [-0.05, 0) is 200 Å². The Balaban J connectivity index is 1.09. The molecule has 7 heteroatoms. The summed E-state index contributed by atoms with van der Waals surface area (Å²) in [5.41, 5.74) is 32.7. The van der Waals surface area contributed by atoms with E-state index in [-0.39, 0.29) is 44.6 Å². The second-order valence-electron chi connectivity index (χ2n) is 39.9. The molecule has 0 amide bonds. The Kier molecular flexibility index (Phi) is 18.6. The summed E-state index contributed by atoms with van der Waals surface area (Å²) < 4.78 is 2.56. The molecule has 578 valence electrons. The lowest BCUT2D eigenvalue weighted by Crippen LogP contribution is -2.61. The summed E-state index contributed by atoms with van der Waals surface area (Å²) in [6, 6.07) is 106. The van der Waals surface area contributed by atoms with Gasteiger partial charge in [-0.3, -0.25) is 0 Å². The number of hydrogen-bond donors (Lipinski definition) is 0. The summed E-state index contributed by atoms with van der Waals surface area (Å²) in [5, 5.41) is 2.48. The first-order chi connectivity index (χ1) is 54.9. The van der Waals surface area contributed by atoms with E-state index in [4.69, 9.17) is 15.0 Å². The van der Waals surface area contributed by atoms with Crippen molar-refractivity contribution >= 4 is 79.0 Å². The van der Waals surface area contributed by atoms with Crippen LogP contribution in [0.25, 0.3) is 106 Å². The van der Waals surface area contributed by atoms with Gasteiger partial charge in [0.25, 0.3) is 6.71 Å². The molecule has 116 heavy (non-hydrogen) atoms. The Hall–Kier alpha value is -11.7. The largest absolute Gasteiger partial charge is 0.310 e. The number of aromatic nitrogens is 4. The van der Waals surface area contributed by atoms with Gasteiger partial charge in [0.2, 0.25) is 0 Å². The number of anilines is 6. The molecule has 17 rings (SSSR count). The lowest BCUT2D eigenvalue weighted by Gasteiger charge is -2.46. The molecule has 0 aliphatic carbocycles. The maximum Gasteiger partial charge on any atom is 0.252 e. The third-order valence-electron chi connectivity index (χ3n) is 24.3. The molecule has 2 aromatic heterocycles. The molecule has 0 spiro atoms. The highest BCUT2D eigenvalue weighted by atomic mass is 15.2. The Morgan fingerprint density at radius 2 is 0.586 bits per heavy atom. The van der Waals surface area contributed by atoms with Crippen molar-refractivity contribution in [3.8, 4) is 84.4 Å². The Labute approximate surface area is 689 Å². The molecule has 0 saturated heterocycles. The van der Waals surface area contributed by atoms with Crippen LogP contribution < -0.4 is 26.2 Å². The summed E-state index contributed by atoms with van der Waals surface area (Å²) >= 11 is 0. The average Bonchev–Trinajstić information content (AvgIpc) is 0.721. The van der Waals surface area contributed by atoms with Gasteiger partial charge in [0.15, 0.2) is 17.5 Å². The molecule has 0 N–H and O–H groups in total. The third-order valence-corrected chi connectivity index (χ3v) is 24.3. The molecule has 2 aliphatic heterocycles. The van der Waals surface area contributed by atoms with Gasteiger partial charge in [0.1, 0.15) is 0 Å². The fraction of sp³-hybridized carbons (Fsp3) is 0.257. The van der Waals surface area contributed by atoms with Crippen LogP contribution in [0.2, 0.25) is 0 Å². The van der Waals surface area contributed by atoms with Crippen LogP contribution in [0.4, 0.5) is 34.1 Å². The molecule has 0 radical (unpaired) electrons. The molecular weight excluding hydrogens is 1400 g/mol. The zero-order chi connectivity index (χ0) is 81.7. The van der Waals surface area contributed by atoms with Crippen molar-refractivity contribution in [2.24, 2.45) is 0 Å². The molecule has 13 aromatic carbocycles. The minimum Gasteiger partial charge on any atom is -0.310 e. The molecule has 4 heterocycles. The summed E-state index contributed by atoms with van der Waals surface area (Å²) in [5.74, 6) is 1.77. The summed E-state index contributed by atoms with van der Waals surface area (Å²) in [6.45, 7) is 49.1. The van der Waals surface area contributed by atoms with E-state index in [1.165, 1.54) is 71.7 Å². The standard InChI is InChI=1S/C109H109BN6/c1-103(2,3)75-48-53-91-86(59-75)87-60-76(104(4,5)6)49-54-92(87)114(91)82-50-51-89-94(67-82)116(99-85(70-41-31-24-32-42-70)63-80(108(16,17)18)64-88(99)102-112-100(71-43-33-25-34-44-71)111-101(113-102)72-45-35-26-36-46-72)96-66-81(109(19,20)21)65-95-97(96)110(89)90-57-73(74-55-77(105(7,8)9)58-78(56-74)106(10,11)12)47-52-93(90)115(95)98-83(68-37-27-22-28-38-68)61-79(107(13,14)15)62-84(98)69-39-29-23-30-40-69/h22-67H,1-21H3. The van der Waals surface area contributed by atoms with Gasteiger partial charge in [-0.2, -0.15) is 0 Å². The van der Waals surface area contributed by atoms with Gasteiger partial charge < -0.3 is 14.4 Å². The normalized spacial score (nSPS) is 13.3. The minimum absolute atomic E-state index is 0.0915. The molecule has 2 aliphatic rings. The molecule has 0 fully saturated rings. The van der Waals surface area contributed by atoms with Crippen molar-refractivity contribution < 1.29 is 0 Å². The Morgan fingerprint density at radius 1 is 0.233 bits per heavy atom. The van der Waals surface area contributed by atoms with E-state index in [1.807, 2.05) is 0 Å². The van der Waals surface area contributed by atoms with Crippen LogP contribution in [0.5, 0.6) is 0 Å². The quantitative estimate of drug-likeness (QED) is 0.128. The van der Waals surface area contributed by atoms with E-state index in [0.29, 0.717) is 17.5 Å². The van der Waals surface area contributed by atoms with E-state index in [2.05, 4.69) is 439 Å². The molecule has 6 nitrogen and oxygen atoms in total. The lowest BCUT2D eigenvalue weighted by molar-refractivity contribution is 0.569. The number of hydrogen-bond acceptors (Lipinski definition) is 5. The zero-order valence-corrected chi connectivity index (χ0v) is 71.8. The van der Waals surface area contributed by atoms with Crippen molar-refractivity contribution in [1.82, 2.24) is 19.5 Å². The fourth-order valence-electron chi connectivity index (χ4n) is 17.3. The van der Waals surface area contributed by atoms with Crippen molar-refractivity contribution in [1.29, 1.82) is 0 Å². The first kappa shape index (κ1) is 76.9. The van der Waals surface area contributed by atoms with E-state index < -0.39 is 0 Å². The van der Waals surface area contributed by atoms with Gasteiger partial charge in [0.05, 0.1) is 22.4 Å². The van der Waals surface area contributed by atoms with Crippen LogP contribution in [0.15, 0.2) is 279 Å².